The second-order valence-corrected chi connectivity index (χ2v) is 35.9. The van der Waals surface area contributed by atoms with Crippen molar-refractivity contribution in [3.05, 3.63) is 270 Å². The zero-order valence-electron chi connectivity index (χ0n) is 72.1. The standard InChI is InChI=1S/C34H34N6O3.C31H30N4O2.C27H21N3O3.C9H15NO4/c1-38(2)30(41)26-12-11-23(20-36-26)29-24-8-4-3-7-22(24)19-37-27(29)21-40-28-10-6-5-9-25(28)33(31(40)42)15-17-39(18-16-33)32(43)34(35)13-14-34;1-34(2)29(36)25-15-14-22(19-32-25)28-23-11-5-4-10-21(23)18-33-26(28)20-35-27-13-7-6-12-24(27)31(30(35)37)16-8-3-9-17-31;31-25(32)21-11-10-18(15-28-21)24-19-7-2-1-6-17(19)14-29-22(24)16-30-23-9-4-3-8-20(23)27(26(30)33)12-5-13-27;1-8(2,3)14-7(13)10-9(4-5-9)6(11)12/h3-12,19-20H,13-18,21,35H2,1-2H3;4-7,10-15,18-19H,3,8-9,16-17,20H2,1-2H3;1-4,6-11,14-15H,5,12-13,16H2,(H,31,32);4-5H2,1-3H3,(H,10,13)(H,11,12). The van der Waals surface area contributed by atoms with Crippen molar-refractivity contribution in [1.29, 1.82) is 0 Å². The number of hydrogen-bond donors (Lipinski definition) is 4. The quantitative estimate of drug-likeness (QED) is 0.0740. The molecule has 646 valence electrons. The fourth-order valence-electron chi connectivity index (χ4n) is 19.0. The van der Waals surface area contributed by atoms with E-state index >= 15 is 0 Å². The number of carbonyl (C=O) groups excluding carboxylic acids is 7. The minimum absolute atomic E-state index is 0.00912. The fraction of sp³-hybridized carbons (Fsp3) is 0.317. The monoisotopic (exact) mass is 1700 g/mol. The van der Waals surface area contributed by atoms with Gasteiger partial charge in [0.15, 0.2) is 0 Å². The molecule has 0 unspecified atom stereocenters. The predicted molar refractivity (Wildman–Crippen MR) is 484 cm³/mol. The number of aromatic nitrogens is 6. The Bertz CT molecular complexity index is 6380. The van der Waals surface area contributed by atoms with E-state index < -0.39 is 51.0 Å². The summed E-state index contributed by atoms with van der Waals surface area (Å²) in [6.07, 6.45) is 21.4. The average molecular weight is 1700 g/mol. The van der Waals surface area contributed by atoms with Crippen molar-refractivity contribution >= 4 is 103 Å². The largest absolute Gasteiger partial charge is 0.480 e. The number of nitrogens with two attached hydrogens (primary N) is 1. The lowest BCUT2D eigenvalue weighted by Crippen LogP contribution is -2.54. The summed E-state index contributed by atoms with van der Waals surface area (Å²) in [5, 5.41) is 26.4. The van der Waals surface area contributed by atoms with Crippen molar-refractivity contribution in [3.63, 3.8) is 0 Å². The molecule has 5 fully saturated rings. The van der Waals surface area contributed by atoms with Crippen molar-refractivity contribution in [3.8, 4) is 33.4 Å². The van der Waals surface area contributed by atoms with Crippen LogP contribution in [-0.2, 0) is 64.6 Å². The van der Waals surface area contributed by atoms with E-state index in [1.165, 1.54) is 22.3 Å². The third kappa shape index (κ3) is 16.0. The summed E-state index contributed by atoms with van der Waals surface area (Å²) in [5.74, 6) is -1.98. The Balaban J connectivity index is 0.000000125. The first-order valence-corrected chi connectivity index (χ1v) is 43.3. The third-order valence-corrected chi connectivity index (χ3v) is 26.2. The van der Waals surface area contributed by atoms with E-state index in [-0.39, 0.29) is 47.7 Å². The number of ether oxygens (including phenoxy) is 1. The number of piperidine rings is 1. The molecular weight excluding hydrogens is 1600 g/mol. The third-order valence-electron chi connectivity index (χ3n) is 26.2. The molecule has 0 radical (unpaired) electrons. The molecule has 20 rings (SSSR count). The maximum absolute atomic E-state index is 14.4. The van der Waals surface area contributed by atoms with Crippen LogP contribution in [0.3, 0.4) is 0 Å². The predicted octanol–water partition coefficient (Wildman–Crippen LogP) is 15.7. The van der Waals surface area contributed by atoms with Crippen LogP contribution in [0, 0.1) is 0 Å². The maximum atomic E-state index is 14.4. The number of carbonyl (C=O) groups is 9. The van der Waals surface area contributed by atoms with E-state index in [2.05, 4.69) is 50.6 Å². The van der Waals surface area contributed by atoms with E-state index in [1.54, 1.807) is 85.8 Å². The molecular formula is C101H100N14O12. The molecule has 7 amide bonds. The molecule has 8 aliphatic rings. The normalized spacial score (nSPS) is 17.1. The first kappa shape index (κ1) is 85.2. The molecule has 4 aliphatic carbocycles. The number of aromatic carboxylic acids is 1. The first-order chi connectivity index (χ1) is 61.0. The van der Waals surface area contributed by atoms with E-state index in [0.717, 1.165) is 174 Å². The molecule has 26 nitrogen and oxygen atoms in total. The van der Waals surface area contributed by atoms with Crippen LogP contribution in [0.4, 0.5) is 21.9 Å². The molecule has 6 aromatic heterocycles. The molecule has 4 aliphatic heterocycles. The van der Waals surface area contributed by atoms with Crippen molar-refractivity contribution in [2.75, 3.05) is 56.0 Å². The highest BCUT2D eigenvalue weighted by Gasteiger charge is 2.58. The van der Waals surface area contributed by atoms with E-state index in [0.29, 0.717) is 63.3 Å². The molecule has 4 saturated carbocycles. The number of aliphatic carboxylic acids is 1. The summed E-state index contributed by atoms with van der Waals surface area (Å²) in [5.41, 5.74) is 16.8. The zero-order valence-corrected chi connectivity index (χ0v) is 72.1. The van der Waals surface area contributed by atoms with Crippen LogP contribution in [0.5, 0.6) is 0 Å². The number of carboxylic acids is 2. The number of carboxylic acid groups (broad SMARTS) is 2. The van der Waals surface area contributed by atoms with Crippen LogP contribution in [0.15, 0.2) is 219 Å². The number of rotatable bonds is 15. The Morgan fingerprint density at radius 3 is 1.08 bits per heavy atom. The highest BCUT2D eigenvalue weighted by atomic mass is 16.6. The number of amides is 7. The Morgan fingerprint density at radius 2 is 0.764 bits per heavy atom. The number of anilines is 3. The summed E-state index contributed by atoms with van der Waals surface area (Å²) in [6.45, 7) is 7.22. The van der Waals surface area contributed by atoms with Crippen molar-refractivity contribution < 1.29 is 58.1 Å². The molecule has 5 N–H and O–H groups in total. The number of pyridine rings is 6. The number of likely N-dealkylation sites (tertiary alicyclic amines) is 1. The molecule has 12 aromatic rings. The summed E-state index contributed by atoms with van der Waals surface area (Å²) >= 11 is 0. The van der Waals surface area contributed by atoms with Crippen LogP contribution in [-0.4, -0.2) is 166 Å². The maximum Gasteiger partial charge on any atom is 0.408 e. The van der Waals surface area contributed by atoms with Crippen LogP contribution < -0.4 is 25.8 Å². The second-order valence-electron chi connectivity index (χ2n) is 35.9. The number of nitrogens with one attached hydrogen (secondary N) is 1. The number of fused-ring (bicyclic) bond motifs is 9. The van der Waals surface area contributed by atoms with Crippen molar-refractivity contribution in [2.45, 2.75) is 163 Å². The topological polar surface area (TPSA) is 338 Å². The highest BCUT2D eigenvalue weighted by molar-refractivity contribution is 6.12. The Hall–Kier alpha value is -14.0. The van der Waals surface area contributed by atoms with Crippen molar-refractivity contribution in [1.82, 2.24) is 49.9 Å². The highest BCUT2D eigenvalue weighted by Crippen LogP contribution is 2.56. The van der Waals surface area contributed by atoms with Gasteiger partial charge in [0.1, 0.15) is 28.2 Å². The number of alkyl carbamates (subject to hydrolysis) is 1. The minimum Gasteiger partial charge on any atom is -0.480 e. The fourth-order valence-corrected chi connectivity index (χ4v) is 19.0. The van der Waals surface area contributed by atoms with Crippen LogP contribution in [0.1, 0.15) is 176 Å². The van der Waals surface area contributed by atoms with Crippen LogP contribution in [0.25, 0.3) is 65.7 Å². The van der Waals surface area contributed by atoms with Gasteiger partial charge < -0.3 is 55.4 Å². The molecule has 10 heterocycles. The van der Waals surface area contributed by atoms with Gasteiger partial charge >= 0.3 is 18.0 Å². The summed E-state index contributed by atoms with van der Waals surface area (Å²) in [7, 11) is 6.83. The second kappa shape index (κ2) is 33.8. The summed E-state index contributed by atoms with van der Waals surface area (Å²) < 4.78 is 4.95. The molecule has 127 heavy (non-hydrogen) atoms. The lowest BCUT2D eigenvalue weighted by molar-refractivity contribution is -0.140. The number of hydrogen-bond acceptors (Lipinski definition) is 17. The number of benzene rings is 6. The van der Waals surface area contributed by atoms with Gasteiger partial charge in [0, 0.05) is 145 Å². The summed E-state index contributed by atoms with van der Waals surface area (Å²) in [6, 6.07) is 59.0. The van der Waals surface area contributed by atoms with Gasteiger partial charge in [-0.2, -0.15) is 0 Å². The smallest absolute Gasteiger partial charge is 0.408 e. The van der Waals surface area contributed by atoms with Gasteiger partial charge in [-0.1, -0.05) is 171 Å². The lowest BCUT2D eigenvalue weighted by Gasteiger charge is -2.39. The van der Waals surface area contributed by atoms with Crippen molar-refractivity contribution in [2.24, 2.45) is 5.73 Å². The average Bonchev–Trinajstić information content (AvgIpc) is 1.57. The zero-order chi connectivity index (χ0) is 89.1. The van der Waals surface area contributed by atoms with E-state index in [1.807, 2.05) is 166 Å². The molecule has 6 aromatic carbocycles. The van der Waals surface area contributed by atoms with Gasteiger partial charge in [0.05, 0.1) is 58.5 Å². The minimum atomic E-state index is -1.07. The number of nitrogens with zero attached hydrogens (tertiary/aromatic N) is 12. The van der Waals surface area contributed by atoms with Gasteiger partial charge in [-0.15, -0.1) is 0 Å². The van der Waals surface area contributed by atoms with Gasteiger partial charge in [-0.3, -0.25) is 53.7 Å². The van der Waals surface area contributed by atoms with Crippen LogP contribution >= 0.6 is 0 Å². The molecule has 3 spiro atoms. The number of para-hydroxylation sites is 3. The summed E-state index contributed by atoms with van der Waals surface area (Å²) in [4.78, 5) is 151. The first-order valence-electron chi connectivity index (χ1n) is 43.3. The molecule has 1 saturated heterocycles. The van der Waals surface area contributed by atoms with Gasteiger partial charge in [-0.25, -0.2) is 19.4 Å². The molecule has 26 heteroatoms. The van der Waals surface area contributed by atoms with E-state index in [4.69, 9.17) is 30.5 Å². The van der Waals surface area contributed by atoms with E-state index in [9.17, 15) is 48.3 Å². The molecule has 0 bridgehead atoms. The van der Waals surface area contributed by atoms with Gasteiger partial charge in [0.2, 0.25) is 23.6 Å². The van der Waals surface area contributed by atoms with Gasteiger partial charge in [0.25, 0.3) is 11.8 Å². The van der Waals surface area contributed by atoms with Crippen LogP contribution in [0.2, 0.25) is 0 Å². The Morgan fingerprint density at radius 1 is 0.417 bits per heavy atom. The lowest BCUT2D eigenvalue weighted by atomic mass is 9.65. The SMILES string of the molecule is CC(C)(C)OC(=O)NC1(C(=O)O)CC1.CN(C)C(=O)c1ccc(-c2c(CN3C(=O)C4(CCCCC4)c4ccccc43)ncc3ccccc23)cn1.CN(C)C(=O)c1ccc(-c2c(CN3C(=O)C4(CCN(C(=O)C5(N)CC5)CC4)c4ccccc43)ncc3ccccc23)cn1.O=C(O)c1ccc(-c2c(CN3C(=O)C4(CCC4)c4ccccc43)ncc3ccccc23)cn1. The van der Waals surface area contributed by atoms with Gasteiger partial charge in [-0.05, 0) is 154 Å². The Kier molecular flexibility index (Phi) is 22.7. The molecule has 0 atom stereocenters. The Labute approximate surface area is 735 Å².